The van der Waals surface area contributed by atoms with E-state index in [4.69, 9.17) is 0 Å². The molecule has 1 N–H and O–H groups in total. The predicted molar refractivity (Wildman–Crippen MR) is 166 cm³/mol. The Labute approximate surface area is 234 Å². The molecule has 0 aromatic carbocycles. The summed E-state index contributed by atoms with van der Waals surface area (Å²) >= 11 is 0. The van der Waals surface area contributed by atoms with Gasteiger partial charge < -0.3 is 0 Å². The number of aromatic nitrogens is 2. The lowest BCUT2D eigenvalue weighted by Gasteiger charge is -2.17. The van der Waals surface area contributed by atoms with Gasteiger partial charge in [-0.05, 0) is 32.6 Å². The average Bonchev–Trinajstić information content (AvgIpc) is 3.39. The molecule has 1 heterocycles. The normalized spacial score (nSPS) is 13.3. The summed E-state index contributed by atoms with van der Waals surface area (Å²) in [7, 11) is 0. The zero-order valence-corrected chi connectivity index (χ0v) is 26.1. The Morgan fingerprint density at radius 3 is 1.30 bits per heavy atom. The molecule has 2 atom stereocenters. The molecule has 1 aromatic rings. The van der Waals surface area contributed by atoms with Gasteiger partial charge in [-0.3, -0.25) is 0 Å². The van der Waals surface area contributed by atoms with Gasteiger partial charge in [0.05, 0.1) is 12.0 Å². The number of nitrogens with zero attached hydrogens (tertiary/aromatic N) is 1. The van der Waals surface area contributed by atoms with Crippen LogP contribution in [0.5, 0.6) is 0 Å². The summed E-state index contributed by atoms with van der Waals surface area (Å²) in [6.07, 6.45) is 41.3. The third-order valence-corrected chi connectivity index (χ3v) is 8.64. The van der Waals surface area contributed by atoms with Crippen LogP contribution in [-0.2, 0) is 0 Å². The molecule has 0 fully saturated rings. The van der Waals surface area contributed by atoms with E-state index in [0.717, 1.165) is 0 Å². The van der Waals surface area contributed by atoms with Crippen molar-refractivity contribution in [2.45, 2.75) is 207 Å². The molecule has 0 bridgehead atoms. The fraction of sp³-hybridized carbons (Fsp3) is 0.914. The van der Waals surface area contributed by atoms with E-state index in [9.17, 15) is 0 Å². The van der Waals surface area contributed by atoms with E-state index in [1.165, 1.54) is 173 Å². The summed E-state index contributed by atoms with van der Waals surface area (Å²) in [6, 6.07) is 0.621. The number of hydrogen-bond acceptors (Lipinski definition) is 0. The third-order valence-electron chi connectivity index (χ3n) is 8.64. The van der Waals surface area contributed by atoms with Gasteiger partial charge in [0.15, 0.2) is 0 Å². The Kier molecular flexibility index (Phi) is 23.6. The van der Waals surface area contributed by atoms with E-state index < -0.39 is 0 Å². The number of rotatable bonds is 28. The SMILES string of the molecule is CCCCCCCCCCCCCCC(CCCCCCCCCC)c1[nH]cc[n+]1C(C)CCCCC. The Morgan fingerprint density at radius 2 is 0.865 bits per heavy atom. The average molecular weight is 518 g/mol. The number of unbranched alkanes of at least 4 members (excludes halogenated alkanes) is 20. The Morgan fingerprint density at radius 1 is 0.514 bits per heavy atom. The highest BCUT2D eigenvalue weighted by Gasteiger charge is 2.25. The van der Waals surface area contributed by atoms with Crippen molar-refractivity contribution in [1.29, 1.82) is 0 Å². The van der Waals surface area contributed by atoms with Crippen LogP contribution < -0.4 is 4.57 Å². The van der Waals surface area contributed by atoms with Gasteiger partial charge >= 0.3 is 0 Å². The van der Waals surface area contributed by atoms with Crippen LogP contribution in [0.25, 0.3) is 0 Å². The van der Waals surface area contributed by atoms with E-state index >= 15 is 0 Å². The fourth-order valence-electron chi connectivity index (χ4n) is 6.07. The number of hydrogen-bond donors (Lipinski definition) is 1. The molecular weight excluding hydrogens is 448 g/mol. The number of nitrogens with one attached hydrogen (secondary N) is 1. The van der Waals surface area contributed by atoms with Crippen molar-refractivity contribution >= 4 is 0 Å². The first-order chi connectivity index (χ1) is 18.2. The summed E-state index contributed by atoms with van der Waals surface area (Å²) in [6.45, 7) is 9.37. The summed E-state index contributed by atoms with van der Waals surface area (Å²) in [5.74, 6) is 2.24. The van der Waals surface area contributed by atoms with Crippen molar-refractivity contribution in [3.05, 3.63) is 18.2 Å². The van der Waals surface area contributed by atoms with Gasteiger partial charge in [-0.2, -0.15) is 0 Å². The fourth-order valence-corrected chi connectivity index (χ4v) is 6.07. The monoisotopic (exact) mass is 518 g/mol. The maximum Gasteiger partial charge on any atom is 0.257 e. The molecule has 1 rings (SSSR count). The molecule has 2 unspecified atom stereocenters. The minimum absolute atomic E-state index is 0.621. The summed E-state index contributed by atoms with van der Waals surface area (Å²) in [5.41, 5.74) is 0. The number of imidazole rings is 1. The van der Waals surface area contributed by atoms with Crippen LogP contribution in [0.2, 0.25) is 0 Å². The van der Waals surface area contributed by atoms with Crippen LogP contribution in [0.15, 0.2) is 12.4 Å². The van der Waals surface area contributed by atoms with Gasteiger partial charge in [-0.15, -0.1) is 0 Å². The molecule has 2 heteroatoms. The van der Waals surface area contributed by atoms with E-state index in [1.54, 1.807) is 0 Å². The molecule has 0 radical (unpaired) electrons. The number of H-pyrrole nitrogens is 1. The standard InChI is InChI=1S/C35H68N2/c1-5-8-11-13-15-17-18-19-20-22-24-27-30-34(29-26-23-21-16-14-12-9-6-2)35-36-31-32-37(35)33(4)28-25-10-7-3/h31-34H,5-30H2,1-4H3/p+1. The maximum atomic E-state index is 3.71. The van der Waals surface area contributed by atoms with Crippen molar-refractivity contribution in [2.24, 2.45) is 0 Å². The van der Waals surface area contributed by atoms with Gasteiger partial charge in [0.2, 0.25) is 0 Å². The van der Waals surface area contributed by atoms with Crippen LogP contribution >= 0.6 is 0 Å². The Bertz CT molecular complexity index is 578. The quantitative estimate of drug-likeness (QED) is 0.0842. The van der Waals surface area contributed by atoms with Gasteiger partial charge in [0, 0.05) is 0 Å². The molecule has 0 saturated carbocycles. The lowest BCUT2D eigenvalue weighted by molar-refractivity contribution is -0.727. The van der Waals surface area contributed by atoms with Gasteiger partial charge in [-0.1, -0.05) is 162 Å². The van der Waals surface area contributed by atoms with Crippen molar-refractivity contribution < 1.29 is 4.57 Å². The highest BCUT2D eigenvalue weighted by molar-refractivity contribution is 4.90. The molecule has 37 heavy (non-hydrogen) atoms. The van der Waals surface area contributed by atoms with Crippen LogP contribution in [0.3, 0.4) is 0 Å². The highest BCUT2D eigenvalue weighted by atomic mass is 15.1. The smallest absolute Gasteiger partial charge is 0.247 e. The van der Waals surface area contributed by atoms with Crippen LogP contribution in [0.1, 0.15) is 212 Å². The first-order valence-corrected chi connectivity index (χ1v) is 17.3. The minimum Gasteiger partial charge on any atom is -0.247 e. The molecule has 2 nitrogen and oxygen atoms in total. The third kappa shape index (κ3) is 18.2. The van der Waals surface area contributed by atoms with Crippen molar-refractivity contribution in [3.63, 3.8) is 0 Å². The highest BCUT2D eigenvalue weighted by Crippen LogP contribution is 2.27. The van der Waals surface area contributed by atoms with Crippen molar-refractivity contribution in [2.75, 3.05) is 0 Å². The zero-order valence-electron chi connectivity index (χ0n) is 26.1. The number of aromatic amines is 1. The first kappa shape index (κ1) is 34.2. The van der Waals surface area contributed by atoms with Crippen LogP contribution in [-0.4, -0.2) is 4.98 Å². The molecule has 0 amide bonds. The predicted octanol–water partition coefficient (Wildman–Crippen LogP) is 12.1. The topological polar surface area (TPSA) is 19.7 Å². The van der Waals surface area contributed by atoms with E-state index in [0.29, 0.717) is 12.0 Å². The minimum atomic E-state index is 0.621. The first-order valence-electron chi connectivity index (χ1n) is 17.3. The van der Waals surface area contributed by atoms with Crippen molar-refractivity contribution in [1.82, 2.24) is 4.98 Å². The summed E-state index contributed by atoms with van der Waals surface area (Å²) in [4.78, 5) is 3.71. The summed E-state index contributed by atoms with van der Waals surface area (Å²) in [5, 5.41) is 0. The van der Waals surface area contributed by atoms with E-state index in [1.807, 2.05) is 0 Å². The molecule has 218 valence electrons. The van der Waals surface area contributed by atoms with Crippen molar-refractivity contribution in [3.8, 4) is 0 Å². The molecule has 0 saturated heterocycles. The van der Waals surface area contributed by atoms with E-state index in [2.05, 4.69) is 49.6 Å². The maximum absolute atomic E-state index is 3.71. The Hall–Kier alpha value is -0.790. The molecule has 1 aromatic heterocycles. The Balaban J connectivity index is 2.39. The van der Waals surface area contributed by atoms with Crippen LogP contribution in [0.4, 0.5) is 0 Å². The van der Waals surface area contributed by atoms with Gasteiger partial charge in [0.1, 0.15) is 12.4 Å². The van der Waals surface area contributed by atoms with Gasteiger partial charge in [0.25, 0.3) is 5.82 Å². The molecule has 0 aliphatic carbocycles. The lowest BCUT2D eigenvalue weighted by Crippen LogP contribution is -2.41. The molecule has 0 aliphatic rings. The summed E-state index contributed by atoms with van der Waals surface area (Å²) < 4.78 is 2.60. The largest absolute Gasteiger partial charge is 0.257 e. The van der Waals surface area contributed by atoms with Gasteiger partial charge in [-0.25, -0.2) is 9.55 Å². The molecule has 0 aliphatic heterocycles. The molecule has 0 spiro atoms. The second-order valence-corrected chi connectivity index (χ2v) is 12.2. The second kappa shape index (κ2) is 25.5. The van der Waals surface area contributed by atoms with Crippen LogP contribution in [0, 0.1) is 0 Å². The second-order valence-electron chi connectivity index (χ2n) is 12.2. The molecular formula is C35H69N2+. The van der Waals surface area contributed by atoms with E-state index in [-0.39, 0.29) is 0 Å². The zero-order chi connectivity index (χ0) is 26.8. The lowest BCUT2D eigenvalue weighted by atomic mass is 9.92.